The lowest BCUT2D eigenvalue weighted by molar-refractivity contribution is 0.0974. The molecule has 0 spiro atoms. The van der Waals surface area contributed by atoms with Crippen LogP contribution in [0, 0.1) is 5.92 Å². The monoisotopic (exact) mass is 525 g/mol. The number of ether oxygens (including phenoxy) is 1. The van der Waals surface area contributed by atoms with E-state index in [1.165, 1.54) is 6.07 Å². The van der Waals surface area contributed by atoms with Gasteiger partial charge in [-0.3, -0.25) is 4.79 Å². The Labute approximate surface area is 216 Å². The van der Waals surface area contributed by atoms with E-state index >= 15 is 0 Å². The fourth-order valence-electron chi connectivity index (χ4n) is 4.15. The van der Waals surface area contributed by atoms with Gasteiger partial charge in [0.1, 0.15) is 11.4 Å². The highest BCUT2D eigenvalue weighted by Gasteiger charge is 2.23. The Bertz CT molecular complexity index is 1540. The van der Waals surface area contributed by atoms with Crippen molar-refractivity contribution in [3.63, 3.8) is 0 Å². The van der Waals surface area contributed by atoms with E-state index in [0.717, 1.165) is 17.7 Å². The van der Waals surface area contributed by atoms with E-state index in [1.54, 1.807) is 43.0 Å². The molecule has 188 valence electrons. The number of fused-ring (bicyclic) bond motifs is 1. The molecule has 3 aromatic carbocycles. The Morgan fingerprint density at radius 2 is 1.81 bits per heavy atom. The number of hydrogen-bond acceptors (Lipinski definition) is 5. The van der Waals surface area contributed by atoms with Crippen molar-refractivity contribution < 1.29 is 17.9 Å². The number of hydrogen-bond donors (Lipinski definition) is 2. The van der Waals surface area contributed by atoms with Crippen LogP contribution in [0.15, 0.2) is 71.6 Å². The number of carbonyl (C=O) groups excluding carboxylic acids is 1. The summed E-state index contributed by atoms with van der Waals surface area (Å²) < 4.78 is 35.1. The normalized spacial score (nSPS) is 11.6. The fourth-order valence-corrected chi connectivity index (χ4v) is 5.47. The minimum Gasteiger partial charge on any atom is -0.497 e. The van der Waals surface area contributed by atoms with Crippen molar-refractivity contribution >= 4 is 49.8 Å². The van der Waals surface area contributed by atoms with Crippen LogP contribution >= 0.6 is 11.6 Å². The van der Waals surface area contributed by atoms with Crippen molar-refractivity contribution in [2.75, 3.05) is 12.4 Å². The predicted molar refractivity (Wildman–Crippen MR) is 144 cm³/mol. The maximum Gasteiger partial charge on any atom is 0.281 e. The molecule has 2 N–H and O–H groups in total. The van der Waals surface area contributed by atoms with Crippen LogP contribution in [0.4, 0.5) is 11.4 Å². The van der Waals surface area contributed by atoms with Gasteiger partial charge in [-0.1, -0.05) is 43.6 Å². The van der Waals surface area contributed by atoms with Gasteiger partial charge in [0.25, 0.3) is 15.9 Å². The molecule has 0 unspecified atom stereocenters. The van der Waals surface area contributed by atoms with E-state index in [4.69, 9.17) is 16.3 Å². The standard InChI is InChI=1S/C27H28ClN3O4S/c1-17(2)13-18-7-5-10-21(14-18)36(33,34)30-27(32)25-16-22-24(12-11-23(28)26(22)31(25)3)29-19-8-6-9-20(15-19)35-4/h5-12,14-17,29H,13H2,1-4H3,(H,30,32). The molecule has 7 nitrogen and oxygen atoms in total. The molecule has 0 fully saturated rings. The van der Waals surface area contributed by atoms with Crippen molar-refractivity contribution in [3.8, 4) is 5.75 Å². The lowest BCUT2D eigenvalue weighted by Crippen LogP contribution is -2.31. The summed E-state index contributed by atoms with van der Waals surface area (Å²) in [7, 11) is -0.804. The van der Waals surface area contributed by atoms with Crippen molar-refractivity contribution in [1.82, 2.24) is 9.29 Å². The maximum atomic E-state index is 13.2. The first kappa shape index (κ1) is 25.6. The summed E-state index contributed by atoms with van der Waals surface area (Å²) in [6, 6.07) is 19.2. The second kappa shape index (κ2) is 10.2. The molecule has 0 aliphatic carbocycles. The van der Waals surface area contributed by atoms with Crippen molar-refractivity contribution in [2.24, 2.45) is 13.0 Å². The number of carbonyl (C=O) groups is 1. The number of sulfonamides is 1. The molecule has 4 aromatic rings. The third kappa shape index (κ3) is 5.34. The third-order valence-electron chi connectivity index (χ3n) is 5.81. The van der Waals surface area contributed by atoms with Gasteiger partial charge in [-0.25, -0.2) is 13.1 Å². The highest BCUT2D eigenvalue weighted by Crippen LogP contribution is 2.34. The van der Waals surface area contributed by atoms with Gasteiger partial charge in [-0.2, -0.15) is 0 Å². The molecule has 0 saturated carbocycles. The van der Waals surface area contributed by atoms with Gasteiger partial charge >= 0.3 is 0 Å². The number of aromatic nitrogens is 1. The molecule has 1 aromatic heterocycles. The summed E-state index contributed by atoms with van der Waals surface area (Å²) in [6.07, 6.45) is 0.738. The van der Waals surface area contributed by atoms with Crippen LogP contribution in [0.25, 0.3) is 10.9 Å². The molecule has 0 radical (unpaired) electrons. The zero-order valence-electron chi connectivity index (χ0n) is 20.5. The van der Waals surface area contributed by atoms with Gasteiger partial charge in [0, 0.05) is 29.9 Å². The highest BCUT2D eigenvalue weighted by atomic mass is 35.5. The van der Waals surface area contributed by atoms with Crippen molar-refractivity contribution in [2.45, 2.75) is 25.2 Å². The van der Waals surface area contributed by atoms with Gasteiger partial charge in [0.05, 0.1) is 22.5 Å². The molecule has 1 heterocycles. The summed E-state index contributed by atoms with van der Waals surface area (Å²) in [6.45, 7) is 4.12. The summed E-state index contributed by atoms with van der Waals surface area (Å²) >= 11 is 6.47. The van der Waals surface area contributed by atoms with Gasteiger partial charge in [-0.15, -0.1) is 0 Å². The topological polar surface area (TPSA) is 89.4 Å². The van der Waals surface area contributed by atoms with E-state index < -0.39 is 15.9 Å². The Morgan fingerprint density at radius 1 is 1.06 bits per heavy atom. The van der Waals surface area contributed by atoms with E-state index in [2.05, 4.69) is 23.9 Å². The van der Waals surface area contributed by atoms with Crippen LogP contribution < -0.4 is 14.8 Å². The summed E-state index contributed by atoms with van der Waals surface area (Å²) in [5, 5.41) is 4.43. The molecule has 0 aliphatic rings. The van der Waals surface area contributed by atoms with Gasteiger partial charge in [0.15, 0.2) is 0 Å². The number of benzene rings is 3. The first-order valence-electron chi connectivity index (χ1n) is 11.4. The lowest BCUT2D eigenvalue weighted by atomic mass is 10.0. The van der Waals surface area contributed by atoms with Crippen molar-refractivity contribution in [3.05, 3.63) is 83.0 Å². The zero-order chi connectivity index (χ0) is 26.0. The molecule has 0 aliphatic heterocycles. The number of halogens is 1. The number of nitrogens with zero attached hydrogens (tertiary/aromatic N) is 1. The molecule has 4 rings (SSSR count). The minimum absolute atomic E-state index is 0.0474. The first-order valence-corrected chi connectivity index (χ1v) is 13.3. The van der Waals surface area contributed by atoms with Crippen LogP contribution in [0.2, 0.25) is 5.02 Å². The summed E-state index contributed by atoms with van der Waals surface area (Å²) in [5.41, 5.74) is 3.16. The third-order valence-corrected chi connectivity index (χ3v) is 7.44. The Hall–Kier alpha value is -3.49. The molecular weight excluding hydrogens is 498 g/mol. The van der Waals surface area contributed by atoms with Crippen LogP contribution in [0.5, 0.6) is 5.75 Å². The molecule has 0 bridgehead atoms. The van der Waals surface area contributed by atoms with Gasteiger partial charge < -0.3 is 14.6 Å². The number of rotatable bonds is 8. The predicted octanol–water partition coefficient (Wildman–Crippen LogP) is 5.90. The van der Waals surface area contributed by atoms with Crippen LogP contribution in [0.3, 0.4) is 0 Å². The van der Waals surface area contributed by atoms with Gasteiger partial charge in [-0.05, 0) is 60.4 Å². The highest BCUT2D eigenvalue weighted by molar-refractivity contribution is 7.90. The number of nitrogens with one attached hydrogen (secondary N) is 2. The second-order valence-corrected chi connectivity index (χ2v) is 11.1. The quantitative estimate of drug-likeness (QED) is 0.299. The molecule has 1 amide bonds. The number of anilines is 2. The molecule has 9 heteroatoms. The van der Waals surface area contributed by atoms with Crippen LogP contribution in [0.1, 0.15) is 29.9 Å². The van der Waals surface area contributed by atoms with E-state index in [9.17, 15) is 13.2 Å². The van der Waals surface area contributed by atoms with Crippen LogP contribution in [-0.2, 0) is 23.5 Å². The largest absolute Gasteiger partial charge is 0.497 e. The number of amides is 1. The zero-order valence-corrected chi connectivity index (χ0v) is 22.1. The summed E-state index contributed by atoms with van der Waals surface area (Å²) in [4.78, 5) is 13.2. The van der Waals surface area contributed by atoms with E-state index in [-0.39, 0.29) is 10.6 Å². The van der Waals surface area contributed by atoms with Gasteiger partial charge in [0.2, 0.25) is 0 Å². The average Bonchev–Trinajstić information content (AvgIpc) is 3.19. The SMILES string of the molecule is COc1cccc(Nc2ccc(Cl)c3c2cc(C(=O)NS(=O)(=O)c2cccc(CC(C)C)c2)n3C)c1. The molecule has 36 heavy (non-hydrogen) atoms. The molecular formula is C27H28ClN3O4S. The summed E-state index contributed by atoms with van der Waals surface area (Å²) in [5.74, 6) is 0.324. The average molecular weight is 526 g/mol. The second-order valence-electron chi connectivity index (χ2n) is 8.98. The van der Waals surface area contributed by atoms with E-state index in [1.807, 2.05) is 36.4 Å². The Balaban J connectivity index is 1.67. The fraction of sp³-hybridized carbons (Fsp3) is 0.222. The smallest absolute Gasteiger partial charge is 0.281 e. The van der Waals surface area contributed by atoms with E-state index in [0.29, 0.717) is 33.3 Å². The van der Waals surface area contributed by atoms with Crippen molar-refractivity contribution in [1.29, 1.82) is 0 Å². The number of aryl methyl sites for hydroxylation is 1. The minimum atomic E-state index is -4.07. The Morgan fingerprint density at radius 3 is 2.53 bits per heavy atom. The number of methoxy groups -OCH3 is 1. The lowest BCUT2D eigenvalue weighted by Gasteiger charge is -2.11. The van der Waals surface area contributed by atoms with Crippen LogP contribution in [-0.4, -0.2) is 26.0 Å². The molecule has 0 saturated heterocycles. The first-order chi connectivity index (χ1) is 17.1. The molecule has 0 atom stereocenters. The Kier molecular flexibility index (Phi) is 7.28. The maximum absolute atomic E-state index is 13.2.